The Labute approximate surface area is 176 Å². The molecule has 4 rings (SSSR count). The monoisotopic (exact) mass is 438 g/mol. The highest BCUT2D eigenvalue weighted by molar-refractivity contribution is 7.86. The molecule has 0 spiro atoms. The van der Waals surface area contributed by atoms with E-state index in [9.17, 15) is 28.4 Å². The van der Waals surface area contributed by atoms with Crippen molar-refractivity contribution in [2.45, 2.75) is 30.3 Å². The standard InChI is InChI=1S/C18H27BN4O6S/c20-18(17(24)25)11-22(10-16(18)13-2-1-3-14(6-13)19(26)27)30(28,29)23(9-12-4-5-12)15-7-21-8-15/h1-3,6,12,15-16,21,26-27H,4-5,7-11,20H2,(H,24,25)/t16-,18+/m1/s1. The van der Waals surface area contributed by atoms with Crippen molar-refractivity contribution < 1.29 is 28.4 Å². The number of nitrogens with one attached hydrogen (secondary N) is 1. The Bertz CT molecular complexity index is 923. The van der Waals surface area contributed by atoms with Crippen molar-refractivity contribution in [2.75, 3.05) is 32.7 Å². The first-order valence-electron chi connectivity index (χ1n) is 10.1. The first kappa shape index (κ1) is 21.7. The van der Waals surface area contributed by atoms with Crippen molar-refractivity contribution in [2.24, 2.45) is 11.7 Å². The van der Waals surface area contributed by atoms with Gasteiger partial charge in [-0.15, -0.1) is 0 Å². The van der Waals surface area contributed by atoms with Gasteiger partial charge < -0.3 is 26.2 Å². The second kappa shape index (κ2) is 7.86. The molecule has 0 aromatic heterocycles. The van der Waals surface area contributed by atoms with Gasteiger partial charge in [-0.2, -0.15) is 17.0 Å². The second-order valence-corrected chi connectivity index (χ2v) is 10.4. The van der Waals surface area contributed by atoms with Crippen molar-refractivity contribution in [3.8, 4) is 0 Å². The zero-order valence-electron chi connectivity index (χ0n) is 16.5. The SMILES string of the molecule is N[C@@]1(C(=O)O)CN(S(=O)(=O)N(CC2CC2)C2CNC2)C[C@@H]1c1cccc(B(O)O)c1. The summed E-state index contributed by atoms with van der Waals surface area (Å²) in [5.41, 5.74) is 5.09. The lowest BCUT2D eigenvalue weighted by Crippen LogP contribution is -2.62. The molecule has 3 aliphatic rings. The Morgan fingerprint density at radius 1 is 1.33 bits per heavy atom. The van der Waals surface area contributed by atoms with Crippen molar-refractivity contribution in [1.82, 2.24) is 13.9 Å². The maximum atomic E-state index is 13.5. The lowest BCUT2D eigenvalue weighted by atomic mass is 9.76. The molecule has 30 heavy (non-hydrogen) atoms. The molecule has 2 aliphatic heterocycles. The van der Waals surface area contributed by atoms with E-state index in [0.29, 0.717) is 31.1 Å². The number of hydrogen-bond donors (Lipinski definition) is 5. The van der Waals surface area contributed by atoms with Gasteiger partial charge in [-0.1, -0.05) is 24.3 Å². The molecule has 1 aromatic carbocycles. The molecule has 2 heterocycles. The quantitative estimate of drug-likeness (QED) is 0.279. The van der Waals surface area contributed by atoms with Crippen molar-refractivity contribution >= 4 is 28.8 Å². The lowest BCUT2D eigenvalue weighted by molar-refractivity contribution is -0.143. The molecule has 12 heteroatoms. The Morgan fingerprint density at radius 2 is 2.03 bits per heavy atom. The minimum absolute atomic E-state index is 0.0859. The third kappa shape index (κ3) is 3.88. The number of benzene rings is 1. The van der Waals surface area contributed by atoms with Crippen LogP contribution in [0, 0.1) is 5.92 Å². The number of nitrogens with two attached hydrogens (primary N) is 1. The fourth-order valence-electron chi connectivity index (χ4n) is 4.18. The molecular formula is C18H27BN4O6S. The van der Waals surface area contributed by atoms with Crippen LogP contribution < -0.4 is 16.5 Å². The Hall–Kier alpha value is -1.54. The van der Waals surface area contributed by atoms with Crippen LogP contribution in [0.2, 0.25) is 0 Å². The van der Waals surface area contributed by atoms with Crippen molar-refractivity contribution in [3.05, 3.63) is 29.8 Å². The van der Waals surface area contributed by atoms with E-state index in [1.54, 1.807) is 12.1 Å². The van der Waals surface area contributed by atoms with Gasteiger partial charge in [0.05, 0.1) is 6.04 Å². The number of carbonyl (C=O) groups is 1. The van der Waals surface area contributed by atoms with E-state index in [2.05, 4.69) is 5.32 Å². The van der Waals surface area contributed by atoms with Gasteiger partial charge in [0, 0.05) is 38.6 Å². The lowest BCUT2D eigenvalue weighted by Gasteiger charge is -2.39. The summed E-state index contributed by atoms with van der Waals surface area (Å²) in [4.78, 5) is 12.1. The highest BCUT2D eigenvalue weighted by Gasteiger charge is 2.55. The van der Waals surface area contributed by atoms with Gasteiger partial charge in [-0.25, -0.2) is 0 Å². The fraction of sp³-hybridized carbons (Fsp3) is 0.611. The molecule has 2 saturated heterocycles. The minimum atomic E-state index is -3.90. The molecule has 10 nitrogen and oxygen atoms in total. The molecule has 1 aliphatic carbocycles. The zero-order chi connectivity index (χ0) is 21.7. The summed E-state index contributed by atoms with van der Waals surface area (Å²) in [5, 5.41) is 31.9. The summed E-state index contributed by atoms with van der Waals surface area (Å²) in [6.45, 7) is 1.16. The predicted octanol–water partition coefficient (Wildman–Crippen LogP) is -2.52. The van der Waals surface area contributed by atoms with Crippen LogP contribution in [0.25, 0.3) is 0 Å². The largest absolute Gasteiger partial charge is 0.488 e. The van der Waals surface area contributed by atoms with E-state index >= 15 is 0 Å². The van der Waals surface area contributed by atoms with Crippen molar-refractivity contribution in [1.29, 1.82) is 0 Å². The summed E-state index contributed by atoms with van der Waals surface area (Å²) in [5.74, 6) is -1.77. The van der Waals surface area contributed by atoms with Crippen LogP contribution >= 0.6 is 0 Å². The molecule has 0 radical (unpaired) electrons. The average molecular weight is 438 g/mol. The highest BCUT2D eigenvalue weighted by Crippen LogP contribution is 2.38. The van der Waals surface area contributed by atoms with Crippen molar-refractivity contribution in [3.63, 3.8) is 0 Å². The van der Waals surface area contributed by atoms with Gasteiger partial charge in [0.2, 0.25) is 0 Å². The average Bonchev–Trinajstić information content (AvgIpc) is 3.39. The van der Waals surface area contributed by atoms with E-state index in [1.807, 2.05) is 0 Å². The molecule has 0 amide bonds. The predicted molar refractivity (Wildman–Crippen MR) is 110 cm³/mol. The summed E-state index contributed by atoms with van der Waals surface area (Å²) in [7, 11) is -5.62. The van der Waals surface area contributed by atoms with Crippen LogP contribution in [-0.2, 0) is 15.0 Å². The summed E-state index contributed by atoms with van der Waals surface area (Å²) in [6, 6.07) is 6.03. The minimum Gasteiger partial charge on any atom is -0.480 e. The highest BCUT2D eigenvalue weighted by atomic mass is 32.2. The molecule has 3 fully saturated rings. The molecule has 1 saturated carbocycles. The molecular weight excluding hydrogens is 411 g/mol. The third-order valence-corrected chi connectivity index (χ3v) is 8.35. The Kier molecular flexibility index (Phi) is 5.68. The van der Waals surface area contributed by atoms with E-state index in [0.717, 1.165) is 12.8 Å². The molecule has 2 atom stereocenters. The summed E-state index contributed by atoms with van der Waals surface area (Å²) < 4.78 is 29.7. The number of nitrogens with zero attached hydrogens (tertiary/aromatic N) is 2. The number of carboxylic acid groups (broad SMARTS) is 1. The first-order valence-corrected chi connectivity index (χ1v) is 11.5. The third-order valence-electron chi connectivity index (χ3n) is 6.38. The Balaban J connectivity index is 1.65. The number of rotatable bonds is 8. The van der Waals surface area contributed by atoms with Gasteiger partial charge in [0.15, 0.2) is 0 Å². The van der Waals surface area contributed by atoms with Crippen LogP contribution in [0.15, 0.2) is 24.3 Å². The Morgan fingerprint density at radius 3 is 2.57 bits per heavy atom. The number of hydrogen-bond acceptors (Lipinski definition) is 7. The van der Waals surface area contributed by atoms with Gasteiger partial charge >= 0.3 is 13.1 Å². The van der Waals surface area contributed by atoms with Crippen LogP contribution in [-0.4, -0.2) is 89.6 Å². The number of aliphatic carboxylic acids is 1. The van der Waals surface area contributed by atoms with Crippen LogP contribution in [0.5, 0.6) is 0 Å². The van der Waals surface area contributed by atoms with Gasteiger partial charge in [0.25, 0.3) is 10.2 Å². The number of carboxylic acids is 1. The molecule has 164 valence electrons. The second-order valence-electron chi connectivity index (χ2n) is 8.57. The van der Waals surface area contributed by atoms with Crippen LogP contribution in [0.1, 0.15) is 24.3 Å². The van der Waals surface area contributed by atoms with E-state index < -0.39 is 34.8 Å². The maximum absolute atomic E-state index is 13.5. The topological polar surface area (TPSA) is 156 Å². The summed E-state index contributed by atoms with van der Waals surface area (Å²) in [6.07, 6.45) is 2.00. The maximum Gasteiger partial charge on any atom is 0.488 e. The molecule has 1 aromatic rings. The van der Waals surface area contributed by atoms with E-state index in [-0.39, 0.29) is 24.6 Å². The first-order chi connectivity index (χ1) is 14.1. The van der Waals surface area contributed by atoms with Gasteiger partial charge in [-0.3, -0.25) is 4.79 Å². The molecule has 6 N–H and O–H groups in total. The van der Waals surface area contributed by atoms with E-state index in [4.69, 9.17) is 5.73 Å². The normalized spacial score (nSPS) is 27.9. The smallest absolute Gasteiger partial charge is 0.480 e. The summed E-state index contributed by atoms with van der Waals surface area (Å²) >= 11 is 0. The molecule has 0 unspecified atom stereocenters. The zero-order valence-corrected chi connectivity index (χ0v) is 17.3. The van der Waals surface area contributed by atoms with Crippen LogP contribution in [0.4, 0.5) is 0 Å². The van der Waals surface area contributed by atoms with Gasteiger partial charge in [-0.05, 0) is 29.8 Å². The molecule has 0 bridgehead atoms. The van der Waals surface area contributed by atoms with Gasteiger partial charge in [0.1, 0.15) is 5.54 Å². The van der Waals surface area contributed by atoms with Crippen LogP contribution in [0.3, 0.4) is 0 Å². The van der Waals surface area contributed by atoms with E-state index in [1.165, 1.54) is 20.7 Å². The fourth-order valence-corrected chi connectivity index (χ4v) is 6.11.